The second-order valence-corrected chi connectivity index (χ2v) is 4.71. The first-order chi connectivity index (χ1) is 6.40. The van der Waals surface area contributed by atoms with E-state index in [1.165, 1.54) is 32.2 Å². The Hall–Kier alpha value is -0.0100. The molecule has 2 aliphatic carbocycles. The number of halogens is 1. The van der Waals surface area contributed by atoms with Crippen LogP contribution in [0.1, 0.15) is 25.7 Å². The van der Waals surface area contributed by atoms with Gasteiger partial charge >= 0.3 is 0 Å². The molecule has 0 aromatic rings. The van der Waals surface area contributed by atoms with Crippen molar-refractivity contribution in [2.45, 2.75) is 25.7 Å². The lowest BCUT2D eigenvalue weighted by Crippen LogP contribution is -2.26. The Kier molecular flexibility index (Phi) is 3.28. The van der Waals surface area contributed by atoms with Gasteiger partial charge in [-0.1, -0.05) is 24.1 Å². The molecule has 0 amide bonds. The van der Waals surface area contributed by atoms with E-state index >= 15 is 0 Å². The smallest absolute Gasteiger partial charge is 0.0146 e. The molecule has 2 saturated carbocycles. The van der Waals surface area contributed by atoms with Crippen LogP contribution in [0.15, 0.2) is 11.6 Å². The Bertz CT molecular complexity index is 191. The third-order valence-electron chi connectivity index (χ3n) is 3.64. The summed E-state index contributed by atoms with van der Waals surface area (Å²) in [5.74, 6) is 3.07. The van der Waals surface area contributed by atoms with Crippen LogP contribution in [0.4, 0.5) is 0 Å². The van der Waals surface area contributed by atoms with Crippen LogP contribution >= 0.6 is 11.6 Å². The van der Waals surface area contributed by atoms with Gasteiger partial charge in [-0.3, -0.25) is 0 Å². The van der Waals surface area contributed by atoms with Gasteiger partial charge in [-0.05, 0) is 43.6 Å². The quantitative estimate of drug-likeness (QED) is 0.687. The number of fused-ring (bicyclic) bond motifs is 2. The lowest BCUT2D eigenvalue weighted by Gasteiger charge is -2.21. The zero-order valence-corrected chi connectivity index (χ0v) is 8.76. The summed E-state index contributed by atoms with van der Waals surface area (Å²) in [6.45, 7) is 2.12. The molecule has 0 aliphatic heterocycles. The molecule has 0 heterocycles. The summed E-state index contributed by atoms with van der Waals surface area (Å²) in [5, 5.41) is 3.44. The lowest BCUT2D eigenvalue weighted by molar-refractivity contribution is 0.323. The largest absolute Gasteiger partial charge is 0.313 e. The minimum Gasteiger partial charge on any atom is -0.313 e. The molecule has 0 aromatic heterocycles. The van der Waals surface area contributed by atoms with Gasteiger partial charge in [0.2, 0.25) is 0 Å². The molecule has 0 saturated heterocycles. The zero-order chi connectivity index (χ0) is 9.10. The SMILES string of the molecule is Cl/C=C/CNCC1CC2CCC1C2. The third kappa shape index (κ3) is 2.26. The van der Waals surface area contributed by atoms with E-state index in [2.05, 4.69) is 5.32 Å². The van der Waals surface area contributed by atoms with Crippen LogP contribution in [0, 0.1) is 17.8 Å². The molecule has 74 valence electrons. The van der Waals surface area contributed by atoms with Gasteiger partial charge < -0.3 is 5.32 Å². The number of hydrogen-bond acceptors (Lipinski definition) is 1. The maximum absolute atomic E-state index is 5.44. The van der Waals surface area contributed by atoms with Crippen molar-refractivity contribution in [2.24, 2.45) is 17.8 Å². The van der Waals surface area contributed by atoms with Gasteiger partial charge in [-0.15, -0.1) is 0 Å². The predicted molar refractivity (Wildman–Crippen MR) is 56.8 cm³/mol. The fourth-order valence-electron chi connectivity index (χ4n) is 3.02. The normalized spacial score (nSPS) is 37.8. The Labute approximate surface area is 85.5 Å². The van der Waals surface area contributed by atoms with Gasteiger partial charge in [0.05, 0.1) is 0 Å². The average Bonchev–Trinajstić information content (AvgIpc) is 2.73. The Morgan fingerprint density at radius 3 is 2.85 bits per heavy atom. The maximum atomic E-state index is 5.44. The van der Waals surface area contributed by atoms with Gasteiger partial charge in [-0.25, -0.2) is 0 Å². The topological polar surface area (TPSA) is 12.0 Å². The summed E-state index contributed by atoms with van der Waals surface area (Å²) in [6, 6.07) is 0. The Morgan fingerprint density at radius 1 is 1.31 bits per heavy atom. The molecule has 2 fully saturated rings. The molecular formula is C11H18ClN. The van der Waals surface area contributed by atoms with E-state index in [0.29, 0.717) is 0 Å². The highest BCUT2D eigenvalue weighted by Crippen LogP contribution is 2.47. The molecule has 0 aromatic carbocycles. The van der Waals surface area contributed by atoms with Crippen molar-refractivity contribution in [3.8, 4) is 0 Å². The highest BCUT2D eigenvalue weighted by molar-refractivity contribution is 6.25. The molecule has 0 spiro atoms. The summed E-state index contributed by atoms with van der Waals surface area (Å²) in [4.78, 5) is 0. The van der Waals surface area contributed by atoms with Crippen LogP contribution < -0.4 is 5.32 Å². The predicted octanol–water partition coefficient (Wildman–Crippen LogP) is 2.76. The van der Waals surface area contributed by atoms with E-state index in [0.717, 1.165) is 24.3 Å². The average molecular weight is 200 g/mol. The van der Waals surface area contributed by atoms with Gasteiger partial charge in [-0.2, -0.15) is 0 Å². The van der Waals surface area contributed by atoms with Crippen LogP contribution in [-0.2, 0) is 0 Å². The molecular weight excluding hydrogens is 182 g/mol. The molecule has 3 atom stereocenters. The second kappa shape index (κ2) is 4.47. The highest BCUT2D eigenvalue weighted by Gasteiger charge is 2.38. The number of nitrogens with one attached hydrogen (secondary N) is 1. The first-order valence-corrected chi connectivity index (χ1v) is 5.79. The van der Waals surface area contributed by atoms with Crippen molar-refractivity contribution in [2.75, 3.05) is 13.1 Å². The van der Waals surface area contributed by atoms with E-state index in [4.69, 9.17) is 11.6 Å². The second-order valence-electron chi connectivity index (χ2n) is 4.45. The summed E-state index contributed by atoms with van der Waals surface area (Å²) >= 11 is 5.44. The third-order valence-corrected chi connectivity index (χ3v) is 3.82. The van der Waals surface area contributed by atoms with Crippen molar-refractivity contribution in [1.29, 1.82) is 0 Å². The molecule has 13 heavy (non-hydrogen) atoms. The molecule has 2 heteroatoms. The van der Waals surface area contributed by atoms with E-state index in [1.807, 2.05) is 6.08 Å². The van der Waals surface area contributed by atoms with Crippen molar-refractivity contribution < 1.29 is 0 Å². The molecule has 1 N–H and O–H groups in total. The van der Waals surface area contributed by atoms with Crippen molar-refractivity contribution in [1.82, 2.24) is 5.32 Å². The zero-order valence-electron chi connectivity index (χ0n) is 8.01. The van der Waals surface area contributed by atoms with Gasteiger partial charge in [0.25, 0.3) is 0 Å². The Morgan fingerprint density at radius 2 is 2.23 bits per heavy atom. The van der Waals surface area contributed by atoms with Crippen molar-refractivity contribution in [3.05, 3.63) is 11.6 Å². The molecule has 3 unspecified atom stereocenters. The maximum Gasteiger partial charge on any atom is 0.0146 e. The molecule has 0 radical (unpaired) electrons. The molecule has 2 aliphatic rings. The minimum atomic E-state index is 0.928. The first kappa shape index (κ1) is 9.54. The van der Waals surface area contributed by atoms with E-state index in [1.54, 1.807) is 5.54 Å². The van der Waals surface area contributed by atoms with Gasteiger partial charge in [0, 0.05) is 12.1 Å². The van der Waals surface area contributed by atoms with Crippen LogP contribution in [0.2, 0.25) is 0 Å². The Balaban J connectivity index is 1.66. The standard InChI is InChI=1S/C11H18ClN/c12-4-1-5-13-8-11-7-9-2-3-10(11)6-9/h1,4,9-11,13H,2-3,5-8H2/b4-1+. The van der Waals surface area contributed by atoms with Crippen LogP contribution in [0.5, 0.6) is 0 Å². The van der Waals surface area contributed by atoms with Crippen LogP contribution in [0.25, 0.3) is 0 Å². The van der Waals surface area contributed by atoms with E-state index in [-0.39, 0.29) is 0 Å². The van der Waals surface area contributed by atoms with Crippen LogP contribution in [0.3, 0.4) is 0 Å². The van der Waals surface area contributed by atoms with Gasteiger partial charge in [0.1, 0.15) is 0 Å². The van der Waals surface area contributed by atoms with Crippen LogP contribution in [-0.4, -0.2) is 13.1 Å². The van der Waals surface area contributed by atoms with E-state index in [9.17, 15) is 0 Å². The van der Waals surface area contributed by atoms with Gasteiger partial charge in [0.15, 0.2) is 0 Å². The fourth-order valence-corrected chi connectivity index (χ4v) is 3.11. The molecule has 1 nitrogen and oxygen atoms in total. The summed E-state index contributed by atoms with van der Waals surface area (Å²) in [5.41, 5.74) is 1.59. The molecule has 2 bridgehead atoms. The summed E-state index contributed by atoms with van der Waals surface area (Å²) in [6.07, 6.45) is 7.94. The highest BCUT2D eigenvalue weighted by atomic mass is 35.5. The minimum absolute atomic E-state index is 0.928. The van der Waals surface area contributed by atoms with Crippen molar-refractivity contribution >= 4 is 11.6 Å². The number of hydrogen-bond donors (Lipinski definition) is 1. The lowest BCUT2D eigenvalue weighted by atomic mass is 9.89. The summed E-state index contributed by atoms with van der Waals surface area (Å²) < 4.78 is 0. The summed E-state index contributed by atoms with van der Waals surface area (Å²) in [7, 11) is 0. The first-order valence-electron chi connectivity index (χ1n) is 5.36. The monoisotopic (exact) mass is 199 g/mol. The van der Waals surface area contributed by atoms with Crippen molar-refractivity contribution in [3.63, 3.8) is 0 Å². The molecule has 2 rings (SSSR count). The number of rotatable bonds is 4. The van der Waals surface area contributed by atoms with E-state index < -0.39 is 0 Å². The fraction of sp³-hybridized carbons (Fsp3) is 0.818.